The molecule has 0 aromatic heterocycles. The van der Waals surface area contributed by atoms with E-state index in [2.05, 4.69) is 0 Å². The largest absolute Gasteiger partial charge is 0.394 e. The number of carbonyl (C=O) groups is 1. The highest BCUT2D eigenvalue weighted by Crippen LogP contribution is 2.41. The summed E-state index contributed by atoms with van der Waals surface area (Å²) in [6, 6.07) is 6.55. The standard InChI is InChI=1S/C18H24N2O4S/c1-13-4-8-17(9-5-13)25(23,24)19-10-16-7-6-14(2)20(15(3)22)18(16,11-19)12-21/h4-9,14,16,21H,10-12H2,1-3H3/t14-,16-,18+/m1/s1. The minimum absolute atomic E-state index is 0.0959. The molecule has 0 unspecified atom stereocenters. The molecule has 6 nitrogen and oxygen atoms in total. The molecule has 2 heterocycles. The molecule has 0 bridgehead atoms. The van der Waals surface area contributed by atoms with Gasteiger partial charge in [-0.3, -0.25) is 4.79 Å². The lowest BCUT2D eigenvalue weighted by Crippen LogP contribution is -2.63. The molecule has 0 saturated carbocycles. The Labute approximate surface area is 148 Å². The molecule has 2 aliphatic heterocycles. The van der Waals surface area contributed by atoms with E-state index >= 15 is 0 Å². The van der Waals surface area contributed by atoms with Gasteiger partial charge >= 0.3 is 0 Å². The van der Waals surface area contributed by atoms with E-state index < -0.39 is 15.6 Å². The summed E-state index contributed by atoms with van der Waals surface area (Å²) in [5, 5.41) is 10.1. The van der Waals surface area contributed by atoms with Gasteiger partial charge in [-0.25, -0.2) is 8.42 Å². The predicted molar refractivity (Wildman–Crippen MR) is 94.4 cm³/mol. The third kappa shape index (κ3) is 2.80. The maximum Gasteiger partial charge on any atom is 0.243 e. The molecular weight excluding hydrogens is 340 g/mol. The number of amides is 1. The van der Waals surface area contributed by atoms with Crippen molar-refractivity contribution in [1.82, 2.24) is 9.21 Å². The average molecular weight is 364 g/mol. The second-order valence-electron chi connectivity index (χ2n) is 6.99. The van der Waals surface area contributed by atoms with Crippen LogP contribution in [0.15, 0.2) is 41.3 Å². The lowest BCUT2D eigenvalue weighted by atomic mass is 9.81. The zero-order valence-corrected chi connectivity index (χ0v) is 15.5. The van der Waals surface area contributed by atoms with Crippen LogP contribution in [0.1, 0.15) is 19.4 Å². The van der Waals surface area contributed by atoms with Crippen LogP contribution in [0.4, 0.5) is 0 Å². The van der Waals surface area contributed by atoms with Crippen LogP contribution < -0.4 is 0 Å². The van der Waals surface area contributed by atoms with Gasteiger partial charge in [-0.1, -0.05) is 29.8 Å². The molecule has 1 aromatic rings. The van der Waals surface area contributed by atoms with Crippen LogP contribution in [0.5, 0.6) is 0 Å². The second kappa shape index (κ2) is 6.23. The van der Waals surface area contributed by atoms with Gasteiger partial charge in [0.15, 0.2) is 0 Å². The first-order valence-corrected chi connectivity index (χ1v) is 9.82. The summed E-state index contributed by atoms with van der Waals surface area (Å²) in [6.07, 6.45) is 3.84. The fourth-order valence-electron chi connectivity index (χ4n) is 4.04. The van der Waals surface area contributed by atoms with Crippen molar-refractivity contribution in [2.75, 3.05) is 19.7 Å². The number of aryl methyl sites for hydroxylation is 1. The molecule has 1 N–H and O–H groups in total. The molecule has 136 valence electrons. The minimum atomic E-state index is -3.68. The molecule has 0 radical (unpaired) electrons. The zero-order valence-electron chi connectivity index (χ0n) is 14.7. The van der Waals surface area contributed by atoms with Crippen molar-refractivity contribution in [1.29, 1.82) is 0 Å². The smallest absolute Gasteiger partial charge is 0.243 e. The first-order chi connectivity index (χ1) is 11.7. The van der Waals surface area contributed by atoms with Crippen molar-refractivity contribution in [3.8, 4) is 0 Å². The summed E-state index contributed by atoms with van der Waals surface area (Å²) in [5.74, 6) is -0.386. The number of aliphatic hydroxyl groups excluding tert-OH is 1. The van der Waals surface area contributed by atoms with Crippen molar-refractivity contribution in [2.24, 2.45) is 5.92 Å². The Balaban J connectivity index is 1.99. The first-order valence-electron chi connectivity index (χ1n) is 8.38. The summed E-state index contributed by atoms with van der Waals surface area (Å²) in [5.41, 5.74) is 0.0815. The second-order valence-corrected chi connectivity index (χ2v) is 8.93. The van der Waals surface area contributed by atoms with Crippen LogP contribution in [0.25, 0.3) is 0 Å². The van der Waals surface area contributed by atoms with Gasteiger partial charge in [0.05, 0.1) is 17.0 Å². The molecule has 1 amide bonds. The number of hydrogen-bond donors (Lipinski definition) is 1. The average Bonchev–Trinajstić information content (AvgIpc) is 2.95. The van der Waals surface area contributed by atoms with E-state index in [1.807, 2.05) is 26.0 Å². The van der Waals surface area contributed by atoms with E-state index in [0.717, 1.165) is 5.56 Å². The Bertz CT molecular complexity index is 803. The third-order valence-electron chi connectivity index (χ3n) is 5.32. The van der Waals surface area contributed by atoms with E-state index in [4.69, 9.17) is 0 Å². The Morgan fingerprint density at radius 1 is 1.28 bits per heavy atom. The molecule has 2 aliphatic rings. The highest BCUT2D eigenvalue weighted by atomic mass is 32.2. The number of fused-ring (bicyclic) bond motifs is 1. The lowest BCUT2D eigenvalue weighted by Gasteiger charge is -2.47. The molecule has 0 spiro atoms. The van der Waals surface area contributed by atoms with Crippen molar-refractivity contribution in [3.05, 3.63) is 42.0 Å². The summed E-state index contributed by atoms with van der Waals surface area (Å²) in [7, 11) is -3.68. The molecule has 25 heavy (non-hydrogen) atoms. The van der Waals surface area contributed by atoms with Gasteiger partial charge in [0.1, 0.15) is 0 Å². The molecular formula is C18H24N2O4S. The molecule has 7 heteroatoms. The topological polar surface area (TPSA) is 77.9 Å². The monoisotopic (exact) mass is 364 g/mol. The predicted octanol–water partition coefficient (Wildman–Crippen LogP) is 1.15. The van der Waals surface area contributed by atoms with Crippen molar-refractivity contribution < 1.29 is 18.3 Å². The van der Waals surface area contributed by atoms with Crippen LogP contribution in [0.3, 0.4) is 0 Å². The van der Waals surface area contributed by atoms with E-state index in [0.29, 0.717) is 0 Å². The Morgan fingerprint density at radius 3 is 2.48 bits per heavy atom. The van der Waals surface area contributed by atoms with E-state index in [9.17, 15) is 18.3 Å². The Morgan fingerprint density at radius 2 is 1.92 bits per heavy atom. The lowest BCUT2D eigenvalue weighted by molar-refractivity contribution is -0.140. The van der Waals surface area contributed by atoms with Crippen LogP contribution in [-0.2, 0) is 14.8 Å². The number of aliphatic hydroxyl groups is 1. The van der Waals surface area contributed by atoms with Crippen molar-refractivity contribution >= 4 is 15.9 Å². The van der Waals surface area contributed by atoms with Gasteiger partial charge in [-0.15, -0.1) is 0 Å². The molecule has 1 aromatic carbocycles. The fraction of sp³-hybridized carbons (Fsp3) is 0.500. The van der Waals surface area contributed by atoms with Gasteiger partial charge in [0, 0.05) is 32.0 Å². The van der Waals surface area contributed by atoms with Gasteiger partial charge in [0.25, 0.3) is 0 Å². The molecule has 1 fully saturated rings. The number of nitrogens with zero attached hydrogens (tertiary/aromatic N) is 2. The van der Waals surface area contributed by atoms with Gasteiger partial charge in [-0.05, 0) is 26.0 Å². The maximum atomic E-state index is 13.0. The summed E-state index contributed by atoms with van der Waals surface area (Å²) < 4.78 is 27.4. The van der Waals surface area contributed by atoms with Gasteiger partial charge in [-0.2, -0.15) is 4.31 Å². The number of carbonyl (C=O) groups excluding carboxylic acids is 1. The Kier molecular flexibility index (Phi) is 4.51. The molecule has 0 aliphatic carbocycles. The maximum absolute atomic E-state index is 13.0. The number of hydrogen-bond acceptors (Lipinski definition) is 4. The first kappa shape index (κ1) is 18.1. The molecule has 3 atom stereocenters. The number of benzene rings is 1. The third-order valence-corrected chi connectivity index (χ3v) is 7.15. The van der Waals surface area contributed by atoms with E-state index in [1.54, 1.807) is 29.2 Å². The summed E-state index contributed by atoms with van der Waals surface area (Å²) in [6.45, 7) is 5.32. The van der Waals surface area contributed by atoms with E-state index in [-0.39, 0.29) is 42.5 Å². The normalized spacial score (nSPS) is 29.7. The summed E-state index contributed by atoms with van der Waals surface area (Å²) >= 11 is 0. The van der Waals surface area contributed by atoms with Gasteiger partial charge < -0.3 is 10.0 Å². The number of sulfonamides is 1. The SMILES string of the molecule is CC(=O)N1[C@H](C)C=C[C@@H]2CN(S(=O)(=O)c3ccc(C)cc3)C[C@]21CO. The van der Waals surface area contributed by atoms with Crippen molar-refractivity contribution in [3.63, 3.8) is 0 Å². The summed E-state index contributed by atoms with van der Waals surface area (Å²) in [4.78, 5) is 14.1. The van der Waals surface area contributed by atoms with Crippen LogP contribution >= 0.6 is 0 Å². The van der Waals surface area contributed by atoms with Crippen LogP contribution in [-0.4, -0.2) is 59.9 Å². The Hall–Kier alpha value is -1.70. The van der Waals surface area contributed by atoms with E-state index in [1.165, 1.54) is 11.2 Å². The highest BCUT2D eigenvalue weighted by molar-refractivity contribution is 7.89. The quantitative estimate of drug-likeness (QED) is 0.817. The highest BCUT2D eigenvalue weighted by Gasteiger charge is 2.55. The molecule has 3 rings (SSSR count). The zero-order chi connectivity index (χ0) is 18.4. The number of rotatable bonds is 3. The van der Waals surface area contributed by atoms with Crippen LogP contribution in [0, 0.1) is 12.8 Å². The minimum Gasteiger partial charge on any atom is -0.394 e. The fourth-order valence-corrected chi connectivity index (χ4v) is 5.57. The van der Waals surface area contributed by atoms with Crippen LogP contribution in [0.2, 0.25) is 0 Å². The van der Waals surface area contributed by atoms with Crippen molar-refractivity contribution in [2.45, 2.75) is 37.2 Å². The molecule has 1 saturated heterocycles. The van der Waals surface area contributed by atoms with Gasteiger partial charge in [0.2, 0.25) is 15.9 Å².